The third-order valence-corrected chi connectivity index (χ3v) is 4.26. The fraction of sp³-hybridized carbons (Fsp3) is 0.400. The van der Waals surface area contributed by atoms with Gasteiger partial charge in [-0.1, -0.05) is 18.2 Å². The smallest absolute Gasteiger partial charge is 0.160 e. The highest BCUT2D eigenvalue weighted by atomic mass is 16.5. The van der Waals surface area contributed by atoms with Crippen molar-refractivity contribution in [1.29, 1.82) is 0 Å². The van der Waals surface area contributed by atoms with E-state index in [1.807, 2.05) is 12.1 Å². The summed E-state index contributed by atoms with van der Waals surface area (Å²) in [4.78, 5) is 0. The van der Waals surface area contributed by atoms with Crippen molar-refractivity contribution in [1.82, 2.24) is 0 Å². The van der Waals surface area contributed by atoms with Gasteiger partial charge in [-0.25, -0.2) is 0 Å². The van der Waals surface area contributed by atoms with Crippen molar-refractivity contribution < 1.29 is 25.2 Å². The number of phenols is 2. The molecule has 4 N–H and O–H groups in total. The fourth-order valence-electron chi connectivity index (χ4n) is 2.76. The molecule has 0 saturated carbocycles. The van der Waals surface area contributed by atoms with Gasteiger partial charge in [-0.05, 0) is 67.5 Å². The fourth-order valence-corrected chi connectivity index (χ4v) is 2.76. The molecular formula is C20H26O5. The molecule has 0 amide bonds. The second kappa shape index (κ2) is 9.30. The standard InChI is InChI=1S/C20H26O5/c1-25-20-12-15(6-11-19(20)24)5-10-18(23)13-17(22)9-4-14-2-7-16(21)8-3-14/h2-3,6-8,11-12,17-18,21-24H,4-5,9-10,13H2,1H3/t17-,18-/m1/s1. The van der Waals surface area contributed by atoms with Crippen molar-refractivity contribution in [3.63, 3.8) is 0 Å². The van der Waals surface area contributed by atoms with Crippen LogP contribution in [-0.2, 0) is 12.8 Å². The molecule has 2 atom stereocenters. The van der Waals surface area contributed by atoms with Crippen molar-refractivity contribution >= 4 is 0 Å². The van der Waals surface area contributed by atoms with Gasteiger partial charge in [0.2, 0.25) is 0 Å². The average molecular weight is 346 g/mol. The molecule has 2 rings (SSSR count). The predicted octanol–water partition coefficient (Wildman–Crippen LogP) is 2.78. The van der Waals surface area contributed by atoms with Gasteiger partial charge in [-0.2, -0.15) is 0 Å². The summed E-state index contributed by atoms with van der Waals surface area (Å²) in [5.74, 6) is 0.739. The van der Waals surface area contributed by atoms with E-state index < -0.39 is 12.2 Å². The predicted molar refractivity (Wildman–Crippen MR) is 96.0 cm³/mol. The zero-order valence-electron chi connectivity index (χ0n) is 14.4. The van der Waals surface area contributed by atoms with Gasteiger partial charge in [-0.3, -0.25) is 0 Å². The summed E-state index contributed by atoms with van der Waals surface area (Å²) in [6.45, 7) is 0. The molecular weight excluding hydrogens is 320 g/mol. The highest BCUT2D eigenvalue weighted by molar-refractivity contribution is 5.41. The molecule has 0 aliphatic heterocycles. The number of aromatic hydroxyl groups is 2. The Morgan fingerprint density at radius 3 is 2.00 bits per heavy atom. The number of hydrogen-bond donors (Lipinski definition) is 4. The van der Waals surface area contributed by atoms with Crippen LogP contribution in [0, 0.1) is 0 Å². The number of methoxy groups -OCH3 is 1. The molecule has 2 aromatic rings. The minimum absolute atomic E-state index is 0.0939. The molecule has 0 saturated heterocycles. The first-order chi connectivity index (χ1) is 12.0. The Balaban J connectivity index is 1.73. The van der Waals surface area contributed by atoms with Crippen molar-refractivity contribution in [2.75, 3.05) is 7.11 Å². The topological polar surface area (TPSA) is 90.2 Å². The molecule has 136 valence electrons. The van der Waals surface area contributed by atoms with Gasteiger partial charge in [0.1, 0.15) is 5.75 Å². The first-order valence-corrected chi connectivity index (χ1v) is 8.48. The van der Waals surface area contributed by atoms with Crippen LogP contribution in [0.2, 0.25) is 0 Å². The van der Waals surface area contributed by atoms with Crippen LogP contribution in [0.3, 0.4) is 0 Å². The Morgan fingerprint density at radius 1 is 0.840 bits per heavy atom. The summed E-state index contributed by atoms with van der Waals surface area (Å²) in [5, 5.41) is 39.0. The van der Waals surface area contributed by atoms with E-state index in [9.17, 15) is 20.4 Å². The van der Waals surface area contributed by atoms with Gasteiger partial charge in [0.25, 0.3) is 0 Å². The molecule has 2 aromatic carbocycles. The molecule has 0 fully saturated rings. The molecule has 0 heterocycles. The van der Waals surface area contributed by atoms with E-state index in [1.54, 1.807) is 30.3 Å². The summed E-state index contributed by atoms with van der Waals surface area (Å²) >= 11 is 0. The monoisotopic (exact) mass is 346 g/mol. The Kier molecular flexibility index (Phi) is 7.10. The molecule has 0 aromatic heterocycles. The number of hydrogen-bond acceptors (Lipinski definition) is 5. The molecule has 25 heavy (non-hydrogen) atoms. The van der Waals surface area contributed by atoms with Crippen molar-refractivity contribution in [2.45, 2.75) is 44.3 Å². The van der Waals surface area contributed by atoms with Crippen LogP contribution >= 0.6 is 0 Å². The molecule has 0 aliphatic carbocycles. The van der Waals surface area contributed by atoms with Gasteiger partial charge in [0, 0.05) is 0 Å². The highest BCUT2D eigenvalue weighted by Crippen LogP contribution is 2.27. The van der Waals surface area contributed by atoms with Crippen molar-refractivity contribution in [3.05, 3.63) is 53.6 Å². The van der Waals surface area contributed by atoms with Gasteiger partial charge >= 0.3 is 0 Å². The van der Waals surface area contributed by atoms with E-state index in [0.717, 1.165) is 11.1 Å². The van der Waals surface area contributed by atoms with Crippen LogP contribution in [0.5, 0.6) is 17.2 Å². The van der Waals surface area contributed by atoms with Crippen LogP contribution in [-0.4, -0.2) is 39.7 Å². The molecule has 0 aliphatic rings. The van der Waals surface area contributed by atoms with Crippen LogP contribution in [0.4, 0.5) is 0 Å². The van der Waals surface area contributed by atoms with E-state index in [0.29, 0.717) is 37.9 Å². The Hall–Kier alpha value is -2.24. The summed E-state index contributed by atoms with van der Waals surface area (Å²) < 4.78 is 5.07. The summed E-state index contributed by atoms with van der Waals surface area (Å²) in [6.07, 6.45) is 1.60. The number of rotatable bonds is 9. The van der Waals surface area contributed by atoms with Gasteiger partial charge in [0.05, 0.1) is 19.3 Å². The Labute approximate surface area is 148 Å². The number of phenolic OH excluding ortho intramolecular Hbond substituents is 2. The minimum Gasteiger partial charge on any atom is -0.508 e. The lowest BCUT2D eigenvalue weighted by atomic mass is 9.99. The van der Waals surface area contributed by atoms with Crippen molar-refractivity contribution in [3.8, 4) is 17.2 Å². The minimum atomic E-state index is -0.588. The molecule has 0 radical (unpaired) electrons. The quantitative estimate of drug-likeness (QED) is 0.561. The lowest BCUT2D eigenvalue weighted by Gasteiger charge is -2.16. The number of aliphatic hydroxyl groups is 2. The first-order valence-electron chi connectivity index (χ1n) is 8.48. The summed E-state index contributed by atoms with van der Waals surface area (Å²) in [7, 11) is 1.50. The largest absolute Gasteiger partial charge is 0.508 e. The SMILES string of the molecule is COc1cc(CC[C@@H](O)C[C@H](O)CCc2ccc(O)cc2)ccc1O. The average Bonchev–Trinajstić information content (AvgIpc) is 2.60. The second-order valence-corrected chi connectivity index (χ2v) is 6.29. The molecule has 5 heteroatoms. The highest BCUT2D eigenvalue weighted by Gasteiger charge is 2.13. The summed E-state index contributed by atoms with van der Waals surface area (Å²) in [5.41, 5.74) is 2.01. The number of benzene rings is 2. The lowest BCUT2D eigenvalue weighted by Crippen LogP contribution is -2.19. The first kappa shape index (κ1) is 19.1. The number of aryl methyl sites for hydroxylation is 2. The molecule has 0 spiro atoms. The number of aliphatic hydroxyl groups excluding tert-OH is 2. The van der Waals surface area contributed by atoms with E-state index in [-0.39, 0.29) is 11.5 Å². The van der Waals surface area contributed by atoms with Crippen LogP contribution in [0.1, 0.15) is 30.4 Å². The Bertz CT molecular complexity index is 654. The van der Waals surface area contributed by atoms with Gasteiger partial charge in [0.15, 0.2) is 11.5 Å². The number of ether oxygens (including phenoxy) is 1. The third-order valence-electron chi connectivity index (χ3n) is 4.26. The van der Waals surface area contributed by atoms with Crippen LogP contribution < -0.4 is 4.74 Å². The van der Waals surface area contributed by atoms with E-state index >= 15 is 0 Å². The van der Waals surface area contributed by atoms with Crippen LogP contribution in [0.25, 0.3) is 0 Å². The van der Waals surface area contributed by atoms with E-state index in [4.69, 9.17) is 4.74 Å². The maximum Gasteiger partial charge on any atom is 0.160 e. The maximum absolute atomic E-state index is 10.1. The van der Waals surface area contributed by atoms with E-state index in [2.05, 4.69) is 0 Å². The second-order valence-electron chi connectivity index (χ2n) is 6.29. The molecule has 0 unspecified atom stereocenters. The lowest BCUT2D eigenvalue weighted by molar-refractivity contribution is 0.0714. The zero-order valence-corrected chi connectivity index (χ0v) is 14.4. The Morgan fingerprint density at radius 2 is 1.40 bits per heavy atom. The molecule has 5 nitrogen and oxygen atoms in total. The normalized spacial score (nSPS) is 13.4. The van der Waals surface area contributed by atoms with E-state index in [1.165, 1.54) is 7.11 Å². The zero-order chi connectivity index (χ0) is 18.2. The third kappa shape index (κ3) is 6.29. The van der Waals surface area contributed by atoms with Gasteiger partial charge < -0.3 is 25.2 Å². The van der Waals surface area contributed by atoms with Crippen molar-refractivity contribution in [2.24, 2.45) is 0 Å². The maximum atomic E-state index is 10.1. The van der Waals surface area contributed by atoms with Gasteiger partial charge in [-0.15, -0.1) is 0 Å². The molecule has 0 bridgehead atoms. The summed E-state index contributed by atoms with van der Waals surface area (Å²) in [6, 6.07) is 12.0. The van der Waals surface area contributed by atoms with Crippen LogP contribution in [0.15, 0.2) is 42.5 Å².